The molecular weight excluding hydrogens is 642 g/mol. The quantitative estimate of drug-likeness (QED) is 0.138. The third kappa shape index (κ3) is 10.4. The van der Waals surface area contributed by atoms with Gasteiger partial charge in [-0.1, -0.05) is 0 Å². The van der Waals surface area contributed by atoms with Crippen molar-refractivity contribution in [1.29, 1.82) is 0 Å². The molecule has 0 atom stereocenters. The Bertz CT molecular complexity index is 1770. The van der Waals surface area contributed by atoms with Crippen molar-refractivity contribution in [2.45, 2.75) is 13.2 Å². The van der Waals surface area contributed by atoms with Gasteiger partial charge in [-0.2, -0.15) is 17.6 Å². The number of esters is 1. The van der Waals surface area contributed by atoms with Crippen molar-refractivity contribution in [3.05, 3.63) is 94.8 Å². The van der Waals surface area contributed by atoms with Gasteiger partial charge in [0.05, 0.1) is 43.0 Å². The van der Waals surface area contributed by atoms with E-state index in [0.29, 0.717) is 0 Å². The predicted octanol–water partition coefficient (Wildman–Crippen LogP) is 5.74. The molecule has 0 spiro atoms. The summed E-state index contributed by atoms with van der Waals surface area (Å²) >= 11 is 0. The smallest absolute Gasteiger partial charge is 0.387 e. The van der Waals surface area contributed by atoms with Crippen molar-refractivity contribution in [3.8, 4) is 11.5 Å². The number of carbonyl (C=O) groups is 2. The second-order valence-electron chi connectivity index (χ2n) is 8.70. The fraction of sp³-hybridized carbons (Fsp3) is 0.103. The van der Waals surface area contributed by atoms with Gasteiger partial charge >= 0.3 is 25.2 Å². The van der Waals surface area contributed by atoms with Gasteiger partial charge in [0.15, 0.2) is 11.7 Å². The Balaban J connectivity index is 0.000000256. The number of hydrogen-bond donors (Lipinski definition) is 3. The highest BCUT2D eigenvalue weighted by Gasteiger charge is 2.16. The maximum Gasteiger partial charge on any atom is 0.387 e. The van der Waals surface area contributed by atoms with Crippen LogP contribution in [0.1, 0.15) is 43.2 Å². The Morgan fingerprint density at radius 2 is 1.15 bits per heavy atom. The highest BCUT2D eigenvalue weighted by Crippen LogP contribution is 2.29. The Hall–Kier alpha value is -6.20. The Kier molecular flexibility index (Phi) is 12.2. The molecule has 0 bridgehead atoms. The van der Waals surface area contributed by atoms with Crippen LogP contribution in [0.2, 0.25) is 0 Å². The molecule has 0 aliphatic rings. The van der Waals surface area contributed by atoms with Crippen molar-refractivity contribution in [3.63, 3.8) is 0 Å². The van der Waals surface area contributed by atoms with Gasteiger partial charge in [0.2, 0.25) is 0 Å². The number of carboxylic acids is 1. The van der Waals surface area contributed by atoms with Gasteiger partial charge in [0.25, 0.3) is 0 Å². The number of ether oxygens (including phenoxy) is 3. The van der Waals surface area contributed by atoms with Crippen molar-refractivity contribution in [1.82, 2.24) is 19.9 Å². The standard InChI is InChI=1S/C15H12F3N3O3.C14H10F3N3O3/c1-23-14(22)8-2-3-12(24-15(17)18)9(4-8)5-10(16)11-6-21-13(19)7-20-11;15-9(10-5-20-12(18)6-19-10)4-8-3-7(13(21)22)1-2-11(8)23-14(16)17/h2-7,15H,1H3,(H2,19,21);1-6,14H,(H2,18,20)(H,21,22)/b10-5-;9-4-. The van der Waals surface area contributed by atoms with E-state index < -0.39 is 36.8 Å². The molecule has 0 amide bonds. The van der Waals surface area contributed by atoms with Crippen molar-refractivity contribution < 1.29 is 55.2 Å². The number of hydrogen-bond acceptors (Lipinski definition) is 11. The number of carboxylic acid groups (broad SMARTS) is 1. The number of halogens is 6. The summed E-state index contributed by atoms with van der Waals surface area (Å²) in [5.41, 5.74) is 9.90. The van der Waals surface area contributed by atoms with E-state index in [2.05, 4.69) is 34.1 Å². The van der Waals surface area contributed by atoms with Crippen LogP contribution in [-0.2, 0) is 4.74 Å². The molecule has 5 N–H and O–H groups in total. The van der Waals surface area contributed by atoms with E-state index in [4.69, 9.17) is 16.6 Å². The highest BCUT2D eigenvalue weighted by molar-refractivity contribution is 5.91. The summed E-state index contributed by atoms with van der Waals surface area (Å²) in [4.78, 5) is 37.2. The summed E-state index contributed by atoms with van der Waals surface area (Å²) in [6, 6.07) is 6.59. The fourth-order valence-electron chi connectivity index (χ4n) is 3.45. The van der Waals surface area contributed by atoms with Gasteiger partial charge < -0.3 is 30.8 Å². The monoisotopic (exact) mass is 664 g/mol. The summed E-state index contributed by atoms with van der Waals surface area (Å²) in [5.74, 6) is -4.29. The van der Waals surface area contributed by atoms with Crippen LogP contribution < -0.4 is 20.9 Å². The number of nitrogens with two attached hydrogens (primary N) is 2. The average molecular weight is 665 g/mol. The molecule has 0 radical (unpaired) electrons. The Labute approximate surface area is 261 Å². The number of aromatic carboxylic acids is 1. The summed E-state index contributed by atoms with van der Waals surface area (Å²) in [7, 11) is 1.16. The lowest BCUT2D eigenvalue weighted by molar-refractivity contribution is -0.0506. The molecule has 246 valence electrons. The van der Waals surface area contributed by atoms with Crippen molar-refractivity contribution in [2.24, 2.45) is 0 Å². The van der Waals surface area contributed by atoms with E-state index in [1.807, 2.05) is 0 Å². The van der Waals surface area contributed by atoms with E-state index in [0.717, 1.165) is 74.4 Å². The predicted molar refractivity (Wildman–Crippen MR) is 155 cm³/mol. The molecule has 47 heavy (non-hydrogen) atoms. The van der Waals surface area contributed by atoms with Gasteiger partial charge in [0.1, 0.15) is 34.5 Å². The third-order valence-electron chi connectivity index (χ3n) is 5.52. The molecule has 4 rings (SSSR count). The van der Waals surface area contributed by atoms with Crippen LogP contribution in [0.4, 0.5) is 38.0 Å². The van der Waals surface area contributed by atoms with Crippen LogP contribution in [0.25, 0.3) is 23.8 Å². The molecule has 18 heteroatoms. The Morgan fingerprint density at radius 3 is 1.51 bits per heavy atom. The SMILES string of the molecule is COC(=O)c1ccc(OC(F)F)c(/C=C(\F)c2cnc(N)cn2)c1.Nc1cnc(/C(F)=C/c2cc(C(=O)O)ccc2OC(F)F)cn1. The number of nitrogen functional groups attached to an aromatic ring is 2. The Morgan fingerprint density at radius 1 is 0.723 bits per heavy atom. The molecule has 0 aliphatic carbocycles. The van der Waals surface area contributed by atoms with Crippen LogP contribution in [0.5, 0.6) is 11.5 Å². The van der Waals surface area contributed by atoms with Gasteiger partial charge in [-0.05, 0) is 48.6 Å². The van der Waals surface area contributed by atoms with Gasteiger partial charge in [0, 0.05) is 11.1 Å². The van der Waals surface area contributed by atoms with Crippen LogP contribution in [0.3, 0.4) is 0 Å². The zero-order valence-corrected chi connectivity index (χ0v) is 23.8. The molecule has 0 saturated carbocycles. The minimum absolute atomic E-state index is 0.0431. The van der Waals surface area contributed by atoms with E-state index in [-0.39, 0.29) is 56.8 Å². The zero-order chi connectivity index (χ0) is 34.7. The number of anilines is 2. The first-order chi connectivity index (χ1) is 22.3. The van der Waals surface area contributed by atoms with E-state index in [9.17, 15) is 35.9 Å². The average Bonchev–Trinajstić information content (AvgIpc) is 3.02. The summed E-state index contributed by atoms with van der Waals surface area (Å²) in [6.07, 6.45) is 6.11. The normalized spacial score (nSPS) is 11.5. The number of methoxy groups -OCH3 is 1. The van der Waals surface area contributed by atoms with E-state index in [1.165, 1.54) is 6.07 Å². The molecule has 12 nitrogen and oxygen atoms in total. The highest BCUT2D eigenvalue weighted by atomic mass is 19.3. The van der Waals surface area contributed by atoms with E-state index in [1.54, 1.807) is 0 Å². The zero-order valence-electron chi connectivity index (χ0n) is 23.8. The van der Waals surface area contributed by atoms with Crippen LogP contribution >= 0.6 is 0 Å². The largest absolute Gasteiger partial charge is 0.478 e. The lowest BCUT2D eigenvalue weighted by Gasteiger charge is -2.10. The molecule has 0 unspecified atom stereocenters. The first kappa shape index (κ1) is 35.3. The van der Waals surface area contributed by atoms with Crippen LogP contribution in [0.15, 0.2) is 61.2 Å². The van der Waals surface area contributed by atoms with Crippen LogP contribution in [-0.4, -0.2) is 57.3 Å². The fourth-order valence-corrected chi connectivity index (χ4v) is 3.45. The number of aromatic nitrogens is 4. The number of carbonyl (C=O) groups excluding carboxylic acids is 1. The second-order valence-corrected chi connectivity index (χ2v) is 8.70. The third-order valence-corrected chi connectivity index (χ3v) is 5.52. The molecule has 0 fully saturated rings. The molecule has 0 aliphatic heterocycles. The van der Waals surface area contributed by atoms with Crippen LogP contribution in [0, 0.1) is 0 Å². The number of alkyl halides is 4. The van der Waals surface area contributed by atoms with Gasteiger partial charge in [-0.3, -0.25) is 0 Å². The molecule has 2 aromatic carbocycles. The molecule has 4 aromatic rings. The van der Waals surface area contributed by atoms with Gasteiger partial charge in [-0.25, -0.2) is 38.3 Å². The maximum atomic E-state index is 14.2. The molecular formula is C29H22F6N6O6. The number of benzene rings is 2. The minimum Gasteiger partial charge on any atom is -0.478 e. The molecule has 2 aromatic heterocycles. The summed E-state index contributed by atoms with van der Waals surface area (Å²) < 4.78 is 91.2. The topological polar surface area (TPSA) is 186 Å². The van der Waals surface area contributed by atoms with Crippen molar-refractivity contribution >= 4 is 47.4 Å². The first-order valence-electron chi connectivity index (χ1n) is 12.7. The minimum atomic E-state index is -3.14. The summed E-state index contributed by atoms with van der Waals surface area (Å²) in [6.45, 7) is -6.25. The number of nitrogens with zero attached hydrogens (tertiary/aromatic N) is 4. The first-order valence-corrected chi connectivity index (χ1v) is 12.7. The molecule has 0 saturated heterocycles. The van der Waals surface area contributed by atoms with Gasteiger partial charge in [-0.15, -0.1) is 0 Å². The van der Waals surface area contributed by atoms with E-state index >= 15 is 0 Å². The maximum absolute atomic E-state index is 14.2. The summed E-state index contributed by atoms with van der Waals surface area (Å²) in [5, 5.41) is 8.92. The number of rotatable bonds is 10. The second kappa shape index (κ2) is 16.2. The van der Waals surface area contributed by atoms with Crippen molar-refractivity contribution in [2.75, 3.05) is 18.6 Å². The lowest BCUT2D eigenvalue weighted by atomic mass is 10.1. The lowest BCUT2D eigenvalue weighted by Crippen LogP contribution is -2.06. The molecule has 2 heterocycles.